The van der Waals surface area contributed by atoms with Crippen LogP contribution in [0.3, 0.4) is 0 Å². The molecule has 2 aliphatic rings. The average Bonchev–Trinajstić information content (AvgIpc) is 3.39. The zero-order valence-electron chi connectivity index (χ0n) is 13.9. The molecule has 0 bridgehead atoms. The highest BCUT2D eigenvalue weighted by Crippen LogP contribution is 2.47. The van der Waals surface area contributed by atoms with Crippen molar-refractivity contribution in [3.05, 3.63) is 53.9 Å². The quantitative estimate of drug-likeness (QED) is 0.945. The zero-order chi connectivity index (χ0) is 16.7. The van der Waals surface area contributed by atoms with Gasteiger partial charge in [-0.3, -0.25) is 4.79 Å². The number of aliphatic hydroxyl groups is 1. The van der Waals surface area contributed by atoms with Gasteiger partial charge in [-0.2, -0.15) is 0 Å². The monoisotopic (exact) mass is 322 g/mol. The Kier molecular flexibility index (Phi) is 3.85. The lowest BCUT2D eigenvalue weighted by Gasteiger charge is -2.34. The van der Waals surface area contributed by atoms with Crippen LogP contribution in [0.5, 0.6) is 0 Å². The van der Waals surface area contributed by atoms with E-state index in [1.807, 2.05) is 54.3 Å². The molecule has 4 nitrogen and oxygen atoms in total. The molecule has 1 saturated heterocycles. The summed E-state index contributed by atoms with van der Waals surface area (Å²) in [4.78, 5) is 19.6. The molecule has 4 heteroatoms. The first-order valence-corrected chi connectivity index (χ1v) is 8.62. The van der Waals surface area contributed by atoms with E-state index < -0.39 is 0 Å². The van der Waals surface area contributed by atoms with Crippen LogP contribution in [-0.2, 0) is 0 Å². The van der Waals surface area contributed by atoms with Gasteiger partial charge in [0.15, 0.2) is 0 Å². The first-order valence-electron chi connectivity index (χ1n) is 8.62. The fourth-order valence-electron chi connectivity index (χ4n) is 3.83. The average molecular weight is 322 g/mol. The van der Waals surface area contributed by atoms with Crippen LogP contribution in [0, 0.1) is 18.8 Å². The maximum absolute atomic E-state index is 13.2. The van der Waals surface area contributed by atoms with Crippen molar-refractivity contribution < 1.29 is 9.90 Å². The lowest BCUT2D eigenvalue weighted by molar-refractivity contribution is 0.0481. The third kappa shape index (κ3) is 2.71. The third-order valence-corrected chi connectivity index (χ3v) is 5.31. The number of hydrogen-bond acceptors (Lipinski definition) is 3. The third-order valence-electron chi connectivity index (χ3n) is 5.31. The normalized spacial score (nSPS) is 25.2. The number of rotatable bonds is 3. The summed E-state index contributed by atoms with van der Waals surface area (Å²) >= 11 is 0. The number of pyridine rings is 1. The Labute approximate surface area is 142 Å². The van der Waals surface area contributed by atoms with E-state index in [4.69, 9.17) is 0 Å². The Morgan fingerprint density at radius 3 is 2.71 bits per heavy atom. The summed E-state index contributed by atoms with van der Waals surface area (Å²) in [5, 5.41) is 9.72. The highest BCUT2D eigenvalue weighted by molar-refractivity contribution is 5.99. The van der Waals surface area contributed by atoms with Gasteiger partial charge in [0.2, 0.25) is 0 Å². The van der Waals surface area contributed by atoms with Crippen LogP contribution in [0.15, 0.2) is 42.5 Å². The molecule has 1 aliphatic heterocycles. The second kappa shape index (κ2) is 6.02. The van der Waals surface area contributed by atoms with E-state index in [0.717, 1.165) is 29.8 Å². The van der Waals surface area contributed by atoms with Crippen molar-refractivity contribution in [2.45, 2.75) is 25.8 Å². The van der Waals surface area contributed by atoms with Crippen molar-refractivity contribution >= 4 is 5.91 Å². The van der Waals surface area contributed by atoms with Crippen molar-refractivity contribution in [2.24, 2.45) is 11.8 Å². The van der Waals surface area contributed by atoms with Crippen molar-refractivity contribution in [1.82, 2.24) is 9.88 Å². The van der Waals surface area contributed by atoms with Gasteiger partial charge in [-0.05, 0) is 43.2 Å². The molecule has 0 unspecified atom stereocenters. The molecule has 124 valence electrons. The maximum Gasteiger partial charge on any atom is 0.273 e. The lowest BCUT2D eigenvalue weighted by Crippen LogP contribution is -2.47. The second-order valence-corrected chi connectivity index (χ2v) is 7.00. The molecule has 1 aromatic carbocycles. The molecule has 0 radical (unpaired) electrons. The van der Waals surface area contributed by atoms with E-state index in [-0.39, 0.29) is 18.6 Å². The summed E-state index contributed by atoms with van der Waals surface area (Å²) in [6, 6.07) is 13.7. The summed E-state index contributed by atoms with van der Waals surface area (Å²) < 4.78 is 0. The Morgan fingerprint density at radius 1 is 1.17 bits per heavy atom. The van der Waals surface area contributed by atoms with Gasteiger partial charge in [0.1, 0.15) is 5.69 Å². The Hall–Kier alpha value is -2.20. The summed E-state index contributed by atoms with van der Waals surface area (Å²) in [6.45, 7) is 2.68. The number of aliphatic hydroxyl groups excluding tert-OH is 1. The molecule has 0 spiro atoms. The SMILES string of the molecule is Cc1ccc(-c2ccccc2)c(C(=O)N2C[C@@H]3C[C@@H]3C[C@H]2CO)n1. The van der Waals surface area contributed by atoms with E-state index in [2.05, 4.69) is 4.98 Å². The predicted molar refractivity (Wildman–Crippen MR) is 92.5 cm³/mol. The van der Waals surface area contributed by atoms with Crippen LogP contribution in [-0.4, -0.2) is 40.1 Å². The molecule has 1 aromatic heterocycles. The van der Waals surface area contributed by atoms with Gasteiger partial charge in [-0.25, -0.2) is 4.98 Å². The Bertz CT molecular complexity index is 759. The number of piperidine rings is 1. The number of carbonyl (C=O) groups is 1. The van der Waals surface area contributed by atoms with Crippen LogP contribution in [0.25, 0.3) is 11.1 Å². The number of benzene rings is 1. The fraction of sp³-hybridized carbons (Fsp3) is 0.400. The molecule has 2 heterocycles. The van der Waals surface area contributed by atoms with Gasteiger partial charge in [-0.15, -0.1) is 0 Å². The predicted octanol–water partition coefficient (Wildman–Crippen LogP) is 2.90. The fourth-order valence-corrected chi connectivity index (χ4v) is 3.83. The summed E-state index contributed by atoms with van der Waals surface area (Å²) in [6.07, 6.45) is 2.10. The molecular weight excluding hydrogens is 300 g/mol. The Morgan fingerprint density at radius 2 is 1.96 bits per heavy atom. The van der Waals surface area contributed by atoms with Crippen LogP contribution in [0.1, 0.15) is 29.0 Å². The molecule has 2 fully saturated rings. The smallest absolute Gasteiger partial charge is 0.273 e. The van der Waals surface area contributed by atoms with Gasteiger partial charge in [0.05, 0.1) is 12.6 Å². The molecule has 1 saturated carbocycles. The van der Waals surface area contributed by atoms with Crippen LogP contribution in [0.4, 0.5) is 0 Å². The first kappa shape index (κ1) is 15.3. The number of aryl methyl sites for hydroxylation is 1. The topological polar surface area (TPSA) is 53.4 Å². The minimum Gasteiger partial charge on any atom is -0.394 e. The van der Waals surface area contributed by atoms with Crippen molar-refractivity contribution in [1.29, 1.82) is 0 Å². The van der Waals surface area contributed by atoms with E-state index in [1.54, 1.807) is 0 Å². The van der Waals surface area contributed by atoms with E-state index in [9.17, 15) is 9.90 Å². The standard InChI is InChI=1S/C20H22N2O2/c1-13-7-8-18(14-5-3-2-4-6-14)19(21-13)20(24)22-11-16-9-15(16)10-17(22)12-23/h2-8,15-17,23H,9-12H2,1H3/t15-,16+,17+/m1/s1. The summed E-state index contributed by atoms with van der Waals surface area (Å²) in [7, 11) is 0. The van der Waals surface area contributed by atoms with Crippen LogP contribution < -0.4 is 0 Å². The molecule has 1 aliphatic carbocycles. The van der Waals surface area contributed by atoms with Gasteiger partial charge < -0.3 is 10.0 Å². The number of carbonyl (C=O) groups excluding carboxylic acids is 1. The van der Waals surface area contributed by atoms with Crippen molar-refractivity contribution in [3.8, 4) is 11.1 Å². The molecular formula is C20H22N2O2. The van der Waals surface area contributed by atoms with E-state index in [0.29, 0.717) is 17.5 Å². The molecule has 1 N–H and O–H groups in total. The molecule has 4 rings (SSSR count). The largest absolute Gasteiger partial charge is 0.394 e. The maximum atomic E-state index is 13.2. The summed E-state index contributed by atoms with van der Waals surface area (Å²) in [5.74, 6) is 1.26. The van der Waals surface area contributed by atoms with Crippen LogP contribution >= 0.6 is 0 Å². The van der Waals surface area contributed by atoms with E-state index >= 15 is 0 Å². The number of fused-ring (bicyclic) bond motifs is 1. The highest BCUT2D eigenvalue weighted by Gasteiger charge is 2.47. The first-order chi connectivity index (χ1) is 11.7. The van der Waals surface area contributed by atoms with E-state index in [1.165, 1.54) is 6.42 Å². The minimum atomic E-state index is -0.0767. The lowest BCUT2D eigenvalue weighted by atomic mass is 9.99. The van der Waals surface area contributed by atoms with Gasteiger partial charge in [0, 0.05) is 17.8 Å². The minimum absolute atomic E-state index is 0.0292. The van der Waals surface area contributed by atoms with Gasteiger partial charge in [-0.1, -0.05) is 36.4 Å². The number of hydrogen-bond donors (Lipinski definition) is 1. The molecule has 3 atom stereocenters. The van der Waals surface area contributed by atoms with Gasteiger partial charge >= 0.3 is 0 Å². The second-order valence-electron chi connectivity index (χ2n) is 7.00. The number of aromatic nitrogens is 1. The zero-order valence-corrected chi connectivity index (χ0v) is 13.9. The highest BCUT2D eigenvalue weighted by atomic mass is 16.3. The van der Waals surface area contributed by atoms with Crippen molar-refractivity contribution in [2.75, 3.05) is 13.2 Å². The van der Waals surface area contributed by atoms with Crippen molar-refractivity contribution in [3.63, 3.8) is 0 Å². The number of likely N-dealkylation sites (tertiary alicyclic amines) is 1. The number of amides is 1. The Balaban J connectivity index is 1.72. The van der Waals surface area contributed by atoms with Gasteiger partial charge in [0.25, 0.3) is 5.91 Å². The molecule has 2 aromatic rings. The summed E-state index contributed by atoms with van der Waals surface area (Å²) in [5.41, 5.74) is 3.19. The molecule has 24 heavy (non-hydrogen) atoms. The number of nitrogens with zero attached hydrogens (tertiary/aromatic N) is 2. The van der Waals surface area contributed by atoms with Crippen LogP contribution in [0.2, 0.25) is 0 Å². The molecule has 1 amide bonds.